The lowest BCUT2D eigenvalue weighted by molar-refractivity contribution is -0.384. The van der Waals surface area contributed by atoms with Gasteiger partial charge in [0.1, 0.15) is 5.69 Å². The molecule has 1 aromatic rings. The topological polar surface area (TPSA) is 81.5 Å². The molecule has 1 atom stereocenters. The lowest BCUT2D eigenvalue weighted by Crippen LogP contribution is -2.25. The molecule has 0 spiro atoms. The molecule has 7 heteroatoms. The number of nitrogens with one attached hydrogen (secondary N) is 1. The molecule has 0 aliphatic carbocycles. The van der Waals surface area contributed by atoms with Crippen LogP contribution in [0.2, 0.25) is 0 Å². The molecular weight excluding hydrogens is 328 g/mol. The maximum atomic E-state index is 11.6. The first-order valence-electron chi connectivity index (χ1n) is 6.19. The molecule has 1 unspecified atom stereocenters. The molecule has 0 fully saturated rings. The van der Waals surface area contributed by atoms with Crippen molar-refractivity contribution in [1.82, 2.24) is 0 Å². The highest BCUT2D eigenvalue weighted by Crippen LogP contribution is 2.28. The van der Waals surface area contributed by atoms with Gasteiger partial charge >= 0.3 is 5.97 Å². The number of nitro benzene ring substituents is 1. The number of ether oxygens (including phenoxy) is 1. The van der Waals surface area contributed by atoms with Crippen LogP contribution in [0.15, 0.2) is 22.7 Å². The second-order valence-corrected chi connectivity index (χ2v) is 5.60. The van der Waals surface area contributed by atoms with Crippen LogP contribution >= 0.6 is 15.9 Å². The molecule has 1 rings (SSSR count). The Labute approximate surface area is 125 Å². The van der Waals surface area contributed by atoms with Crippen LogP contribution in [0, 0.1) is 16.0 Å². The highest BCUT2D eigenvalue weighted by atomic mass is 79.9. The quantitative estimate of drug-likeness (QED) is 0.486. The van der Waals surface area contributed by atoms with E-state index in [0.29, 0.717) is 10.2 Å². The van der Waals surface area contributed by atoms with Crippen LogP contribution in [-0.4, -0.2) is 23.5 Å². The summed E-state index contributed by atoms with van der Waals surface area (Å²) in [6.45, 7) is 5.53. The zero-order valence-electron chi connectivity index (χ0n) is 11.6. The van der Waals surface area contributed by atoms with Gasteiger partial charge in [0.15, 0.2) is 0 Å². The minimum atomic E-state index is -0.468. The summed E-state index contributed by atoms with van der Waals surface area (Å²) < 4.78 is 5.70. The summed E-state index contributed by atoms with van der Waals surface area (Å²) >= 11 is 3.19. The van der Waals surface area contributed by atoms with Crippen molar-refractivity contribution in [3.8, 4) is 0 Å². The summed E-state index contributed by atoms with van der Waals surface area (Å²) in [4.78, 5) is 22.1. The van der Waals surface area contributed by atoms with Crippen molar-refractivity contribution >= 4 is 33.3 Å². The van der Waals surface area contributed by atoms with Gasteiger partial charge in [-0.2, -0.15) is 0 Å². The van der Waals surface area contributed by atoms with Crippen LogP contribution < -0.4 is 5.32 Å². The monoisotopic (exact) mass is 344 g/mol. The second-order valence-electron chi connectivity index (χ2n) is 4.69. The molecule has 6 nitrogen and oxygen atoms in total. The van der Waals surface area contributed by atoms with Crippen LogP contribution in [0.4, 0.5) is 11.4 Å². The fourth-order valence-corrected chi connectivity index (χ4v) is 1.85. The average Bonchev–Trinajstić information content (AvgIpc) is 2.35. The molecule has 1 aromatic carbocycles. The van der Waals surface area contributed by atoms with Gasteiger partial charge in [0.25, 0.3) is 5.69 Å². The molecule has 1 N–H and O–H groups in total. The Bertz CT molecular complexity index is 505. The predicted molar refractivity (Wildman–Crippen MR) is 79.7 cm³/mol. The Kier molecular flexibility index (Phi) is 5.94. The highest BCUT2D eigenvalue weighted by Gasteiger charge is 2.18. The number of nitrogens with zero attached hydrogens (tertiary/aromatic N) is 1. The number of hydrogen-bond acceptors (Lipinski definition) is 5. The zero-order valence-corrected chi connectivity index (χ0v) is 13.1. The van der Waals surface area contributed by atoms with Crippen molar-refractivity contribution in [2.75, 3.05) is 11.9 Å². The van der Waals surface area contributed by atoms with Crippen molar-refractivity contribution in [1.29, 1.82) is 0 Å². The van der Waals surface area contributed by atoms with E-state index in [9.17, 15) is 14.9 Å². The van der Waals surface area contributed by atoms with E-state index >= 15 is 0 Å². The molecule has 0 aliphatic heterocycles. The summed E-state index contributed by atoms with van der Waals surface area (Å²) in [5, 5.41) is 13.9. The van der Waals surface area contributed by atoms with Gasteiger partial charge in [-0.05, 0) is 26.0 Å². The minimum absolute atomic E-state index is 0.0381. The van der Waals surface area contributed by atoms with Crippen LogP contribution in [0.25, 0.3) is 0 Å². The Morgan fingerprint density at radius 1 is 1.45 bits per heavy atom. The third-order valence-electron chi connectivity index (χ3n) is 2.51. The number of esters is 1. The number of anilines is 1. The largest absolute Gasteiger partial charge is 0.463 e. The zero-order chi connectivity index (χ0) is 15.3. The van der Waals surface area contributed by atoms with E-state index in [-0.39, 0.29) is 30.2 Å². The lowest BCUT2D eigenvalue weighted by Gasteiger charge is -2.15. The maximum Gasteiger partial charge on any atom is 0.310 e. The first-order chi connectivity index (χ1) is 9.31. The fourth-order valence-electron chi connectivity index (χ4n) is 1.50. The molecule has 0 bridgehead atoms. The normalized spacial score (nSPS) is 12.1. The third kappa shape index (κ3) is 4.80. The molecular formula is C13H17BrN2O4. The first-order valence-corrected chi connectivity index (χ1v) is 6.99. The van der Waals surface area contributed by atoms with Crippen LogP contribution in [-0.2, 0) is 9.53 Å². The van der Waals surface area contributed by atoms with Gasteiger partial charge in [-0.3, -0.25) is 14.9 Å². The van der Waals surface area contributed by atoms with Gasteiger partial charge in [-0.15, -0.1) is 0 Å². The molecule has 0 amide bonds. The summed E-state index contributed by atoms with van der Waals surface area (Å²) in [6, 6.07) is 4.72. The Morgan fingerprint density at radius 3 is 2.65 bits per heavy atom. The standard InChI is InChI=1S/C13H17BrN2O4/c1-8(2)20-13(17)9(3)7-15-11-5-4-10(14)6-12(11)16(18)19/h4-6,8-9,15H,7H2,1-3H3. The smallest absolute Gasteiger partial charge is 0.310 e. The van der Waals surface area contributed by atoms with E-state index in [2.05, 4.69) is 21.2 Å². The summed E-state index contributed by atoms with van der Waals surface area (Å²) in [5.41, 5.74) is 0.339. The van der Waals surface area contributed by atoms with Crippen LogP contribution in [0.1, 0.15) is 20.8 Å². The highest BCUT2D eigenvalue weighted by molar-refractivity contribution is 9.10. The fraction of sp³-hybridized carbons (Fsp3) is 0.462. The number of carbonyl (C=O) groups is 1. The van der Waals surface area contributed by atoms with E-state index in [1.165, 1.54) is 6.07 Å². The molecule has 0 heterocycles. The van der Waals surface area contributed by atoms with Crippen molar-refractivity contribution in [3.05, 3.63) is 32.8 Å². The Hall–Kier alpha value is -1.63. The SMILES string of the molecule is CC(C)OC(=O)C(C)CNc1ccc(Br)cc1[N+](=O)[O-]. The summed E-state index contributed by atoms with van der Waals surface area (Å²) in [5.74, 6) is -0.715. The first kappa shape index (κ1) is 16.4. The number of benzene rings is 1. The summed E-state index contributed by atoms with van der Waals surface area (Å²) in [7, 11) is 0. The van der Waals surface area contributed by atoms with Gasteiger partial charge in [0.2, 0.25) is 0 Å². The van der Waals surface area contributed by atoms with Crippen LogP contribution in [0.3, 0.4) is 0 Å². The number of rotatable bonds is 6. The third-order valence-corrected chi connectivity index (χ3v) is 3.00. The van der Waals surface area contributed by atoms with Crippen LogP contribution in [0.5, 0.6) is 0 Å². The Balaban J connectivity index is 2.70. The molecule has 110 valence electrons. The van der Waals surface area contributed by atoms with E-state index in [1.807, 2.05) is 0 Å². The molecule has 0 aromatic heterocycles. The second kappa shape index (κ2) is 7.23. The van der Waals surface area contributed by atoms with Crippen molar-refractivity contribution in [3.63, 3.8) is 0 Å². The van der Waals surface area contributed by atoms with Crippen molar-refractivity contribution in [2.24, 2.45) is 5.92 Å². The molecule has 0 saturated heterocycles. The molecule has 0 saturated carbocycles. The molecule has 0 aliphatic rings. The number of halogens is 1. The minimum Gasteiger partial charge on any atom is -0.463 e. The van der Waals surface area contributed by atoms with Gasteiger partial charge in [0.05, 0.1) is 16.9 Å². The van der Waals surface area contributed by atoms with Gasteiger partial charge in [0, 0.05) is 17.1 Å². The number of carbonyl (C=O) groups excluding carboxylic acids is 1. The molecule has 20 heavy (non-hydrogen) atoms. The van der Waals surface area contributed by atoms with E-state index in [1.54, 1.807) is 32.9 Å². The van der Waals surface area contributed by atoms with Gasteiger partial charge in [-0.25, -0.2) is 0 Å². The van der Waals surface area contributed by atoms with E-state index in [0.717, 1.165) is 0 Å². The van der Waals surface area contributed by atoms with E-state index < -0.39 is 4.92 Å². The summed E-state index contributed by atoms with van der Waals surface area (Å²) in [6.07, 6.45) is -0.174. The average molecular weight is 345 g/mol. The van der Waals surface area contributed by atoms with Crippen molar-refractivity contribution in [2.45, 2.75) is 26.9 Å². The number of nitro groups is 1. The maximum absolute atomic E-state index is 11.6. The predicted octanol–water partition coefficient (Wildman–Crippen LogP) is 3.36. The molecule has 0 radical (unpaired) electrons. The van der Waals surface area contributed by atoms with E-state index in [4.69, 9.17) is 4.74 Å². The van der Waals surface area contributed by atoms with Gasteiger partial charge < -0.3 is 10.1 Å². The van der Waals surface area contributed by atoms with Crippen molar-refractivity contribution < 1.29 is 14.5 Å². The number of hydrogen-bond donors (Lipinski definition) is 1. The van der Waals surface area contributed by atoms with Gasteiger partial charge in [-0.1, -0.05) is 22.9 Å². The lowest BCUT2D eigenvalue weighted by atomic mass is 10.1. The Morgan fingerprint density at radius 2 is 2.10 bits per heavy atom.